The highest BCUT2D eigenvalue weighted by Crippen LogP contribution is 2.22. The molecule has 1 aromatic rings. The molecular weight excluding hydrogens is 304 g/mol. The quantitative estimate of drug-likeness (QED) is 0.865. The van der Waals surface area contributed by atoms with Crippen LogP contribution >= 0.6 is 11.6 Å². The number of nitrogens with one attached hydrogen (secondary N) is 1. The van der Waals surface area contributed by atoms with Crippen LogP contribution < -0.4 is 10.2 Å². The molecule has 2 heterocycles. The Kier molecular flexibility index (Phi) is 5.45. The number of hydrogen-bond acceptors (Lipinski definition) is 5. The molecule has 0 bridgehead atoms. The first kappa shape index (κ1) is 16.8. The van der Waals surface area contributed by atoms with Gasteiger partial charge in [0, 0.05) is 25.8 Å². The molecule has 0 aromatic carbocycles. The lowest BCUT2D eigenvalue weighted by atomic mass is 9.97. The molecule has 122 valence electrons. The second-order valence-corrected chi connectivity index (χ2v) is 6.84. The summed E-state index contributed by atoms with van der Waals surface area (Å²) in [5.74, 6) is 1.32. The Balaban J connectivity index is 1.74. The van der Waals surface area contributed by atoms with Crippen LogP contribution in [0.2, 0.25) is 5.28 Å². The van der Waals surface area contributed by atoms with Crippen molar-refractivity contribution in [2.24, 2.45) is 5.92 Å². The maximum Gasteiger partial charge on any atom is 0.407 e. The number of halogens is 1. The number of carbonyl (C=O) groups excluding carboxylic acids is 1. The molecule has 0 radical (unpaired) electrons. The van der Waals surface area contributed by atoms with Crippen LogP contribution in [-0.2, 0) is 4.74 Å². The minimum absolute atomic E-state index is 0.270. The second kappa shape index (κ2) is 7.13. The molecule has 22 heavy (non-hydrogen) atoms. The van der Waals surface area contributed by atoms with Crippen LogP contribution in [0.25, 0.3) is 0 Å². The van der Waals surface area contributed by atoms with Gasteiger partial charge in [-0.25, -0.2) is 14.8 Å². The minimum atomic E-state index is -0.459. The zero-order valence-corrected chi connectivity index (χ0v) is 14.1. The third-order valence-corrected chi connectivity index (χ3v) is 3.67. The summed E-state index contributed by atoms with van der Waals surface area (Å²) in [6, 6.07) is 1.87. The largest absolute Gasteiger partial charge is 0.444 e. The van der Waals surface area contributed by atoms with Crippen LogP contribution in [-0.4, -0.2) is 41.3 Å². The van der Waals surface area contributed by atoms with Crippen molar-refractivity contribution in [1.29, 1.82) is 0 Å². The van der Waals surface area contributed by atoms with Crippen molar-refractivity contribution < 1.29 is 9.53 Å². The van der Waals surface area contributed by atoms with Gasteiger partial charge in [0.2, 0.25) is 5.28 Å². The van der Waals surface area contributed by atoms with Crippen LogP contribution in [0.3, 0.4) is 0 Å². The minimum Gasteiger partial charge on any atom is -0.444 e. The number of anilines is 1. The lowest BCUT2D eigenvalue weighted by Gasteiger charge is -2.32. The summed E-state index contributed by atoms with van der Waals surface area (Å²) >= 11 is 5.82. The van der Waals surface area contributed by atoms with Gasteiger partial charge in [-0.3, -0.25) is 0 Å². The summed E-state index contributed by atoms with van der Waals surface area (Å²) in [6.07, 6.45) is 3.31. The van der Waals surface area contributed by atoms with Crippen molar-refractivity contribution >= 4 is 23.5 Å². The van der Waals surface area contributed by atoms with E-state index in [0.717, 1.165) is 31.7 Å². The zero-order chi connectivity index (χ0) is 16.2. The summed E-state index contributed by atoms with van der Waals surface area (Å²) < 4.78 is 5.24. The van der Waals surface area contributed by atoms with Gasteiger partial charge in [0.05, 0.1) is 0 Å². The van der Waals surface area contributed by atoms with Crippen molar-refractivity contribution in [3.05, 3.63) is 17.5 Å². The fourth-order valence-corrected chi connectivity index (χ4v) is 2.55. The van der Waals surface area contributed by atoms with Gasteiger partial charge in [-0.15, -0.1) is 0 Å². The molecule has 1 fully saturated rings. The van der Waals surface area contributed by atoms with E-state index in [1.54, 1.807) is 6.20 Å². The highest BCUT2D eigenvalue weighted by Gasteiger charge is 2.22. The highest BCUT2D eigenvalue weighted by atomic mass is 35.5. The van der Waals surface area contributed by atoms with E-state index in [2.05, 4.69) is 20.2 Å². The summed E-state index contributed by atoms with van der Waals surface area (Å²) in [6.45, 7) is 8.02. The van der Waals surface area contributed by atoms with Crippen molar-refractivity contribution in [3.63, 3.8) is 0 Å². The number of piperidine rings is 1. The number of carbonyl (C=O) groups is 1. The first-order valence-electron chi connectivity index (χ1n) is 7.54. The van der Waals surface area contributed by atoms with Crippen molar-refractivity contribution in [2.45, 2.75) is 39.2 Å². The van der Waals surface area contributed by atoms with E-state index in [0.29, 0.717) is 12.5 Å². The van der Waals surface area contributed by atoms with E-state index in [1.165, 1.54) is 0 Å². The topological polar surface area (TPSA) is 67.3 Å². The molecule has 0 saturated carbocycles. The second-order valence-electron chi connectivity index (χ2n) is 6.50. The fourth-order valence-electron chi connectivity index (χ4n) is 2.41. The Morgan fingerprint density at radius 2 is 2.14 bits per heavy atom. The van der Waals surface area contributed by atoms with Crippen molar-refractivity contribution in [2.75, 3.05) is 24.5 Å². The molecule has 0 atom stereocenters. The predicted octanol–water partition coefficient (Wildman–Crippen LogP) is 2.87. The molecule has 0 unspecified atom stereocenters. The Bertz CT molecular complexity index is 511. The molecule has 0 spiro atoms. The van der Waals surface area contributed by atoms with Gasteiger partial charge < -0.3 is 15.0 Å². The van der Waals surface area contributed by atoms with Gasteiger partial charge in [0.15, 0.2) is 0 Å². The zero-order valence-electron chi connectivity index (χ0n) is 13.3. The van der Waals surface area contributed by atoms with E-state index in [1.807, 2.05) is 26.8 Å². The average molecular weight is 327 g/mol. The van der Waals surface area contributed by atoms with Gasteiger partial charge in [-0.1, -0.05) is 0 Å². The van der Waals surface area contributed by atoms with Gasteiger partial charge >= 0.3 is 6.09 Å². The van der Waals surface area contributed by atoms with E-state index < -0.39 is 5.60 Å². The number of alkyl carbamates (subject to hydrolysis) is 1. The van der Waals surface area contributed by atoms with Crippen LogP contribution in [0.15, 0.2) is 12.3 Å². The Labute approximate surface area is 136 Å². The smallest absolute Gasteiger partial charge is 0.407 e. The normalized spacial score (nSPS) is 16.5. The number of rotatable bonds is 3. The molecule has 7 heteroatoms. The first-order chi connectivity index (χ1) is 10.3. The van der Waals surface area contributed by atoms with E-state index in [4.69, 9.17) is 16.3 Å². The van der Waals surface area contributed by atoms with Gasteiger partial charge in [0.25, 0.3) is 0 Å². The van der Waals surface area contributed by atoms with Crippen LogP contribution in [0.1, 0.15) is 33.6 Å². The number of hydrogen-bond donors (Lipinski definition) is 1. The Hall–Kier alpha value is -1.56. The van der Waals surface area contributed by atoms with E-state index in [-0.39, 0.29) is 11.4 Å². The molecule has 1 aliphatic heterocycles. The third-order valence-electron chi connectivity index (χ3n) is 3.48. The molecule has 0 aliphatic carbocycles. The highest BCUT2D eigenvalue weighted by molar-refractivity contribution is 6.28. The van der Waals surface area contributed by atoms with Gasteiger partial charge in [0.1, 0.15) is 11.4 Å². The number of aromatic nitrogens is 2. The number of ether oxygens (including phenoxy) is 1. The van der Waals surface area contributed by atoms with E-state index in [9.17, 15) is 4.79 Å². The maximum absolute atomic E-state index is 11.6. The maximum atomic E-state index is 11.6. The summed E-state index contributed by atoms with van der Waals surface area (Å²) in [7, 11) is 0. The first-order valence-corrected chi connectivity index (χ1v) is 7.91. The van der Waals surface area contributed by atoms with Crippen LogP contribution in [0, 0.1) is 5.92 Å². The predicted molar refractivity (Wildman–Crippen MR) is 86.2 cm³/mol. The summed E-state index contributed by atoms with van der Waals surface area (Å²) in [5.41, 5.74) is -0.459. The number of nitrogens with zero attached hydrogens (tertiary/aromatic N) is 3. The Morgan fingerprint density at radius 1 is 1.45 bits per heavy atom. The lowest BCUT2D eigenvalue weighted by Crippen LogP contribution is -2.40. The van der Waals surface area contributed by atoms with Crippen LogP contribution in [0.5, 0.6) is 0 Å². The summed E-state index contributed by atoms with van der Waals surface area (Å²) in [5, 5.41) is 3.12. The Morgan fingerprint density at radius 3 is 2.73 bits per heavy atom. The molecule has 1 N–H and O–H groups in total. The monoisotopic (exact) mass is 326 g/mol. The standard InChI is InChI=1S/C15H23ClN4O2/c1-15(2,3)22-14(21)18-10-11-5-8-20(9-6-11)12-4-7-17-13(16)19-12/h4,7,11H,5-6,8-10H2,1-3H3,(H,18,21). The number of amides is 1. The molecule has 6 nitrogen and oxygen atoms in total. The van der Waals surface area contributed by atoms with Gasteiger partial charge in [-0.05, 0) is 57.2 Å². The fraction of sp³-hybridized carbons (Fsp3) is 0.667. The lowest BCUT2D eigenvalue weighted by molar-refractivity contribution is 0.0517. The third kappa shape index (κ3) is 5.33. The molecule has 1 aromatic heterocycles. The molecular formula is C15H23ClN4O2. The molecule has 2 rings (SSSR count). The summed E-state index contributed by atoms with van der Waals surface area (Å²) in [4.78, 5) is 22.0. The van der Waals surface area contributed by atoms with Crippen molar-refractivity contribution in [3.8, 4) is 0 Å². The van der Waals surface area contributed by atoms with Gasteiger partial charge in [-0.2, -0.15) is 0 Å². The average Bonchev–Trinajstić information content (AvgIpc) is 2.44. The van der Waals surface area contributed by atoms with E-state index >= 15 is 0 Å². The van der Waals surface area contributed by atoms with Crippen molar-refractivity contribution in [1.82, 2.24) is 15.3 Å². The molecule has 1 amide bonds. The SMILES string of the molecule is CC(C)(C)OC(=O)NCC1CCN(c2ccnc(Cl)n2)CC1. The van der Waals surface area contributed by atoms with Crippen LogP contribution in [0.4, 0.5) is 10.6 Å². The molecule has 1 aliphatic rings. The molecule has 1 saturated heterocycles.